The Bertz CT molecular complexity index is 1260. The van der Waals surface area contributed by atoms with Crippen LogP contribution in [0.2, 0.25) is 15.1 Å². The summed E-state index contributed by atoms with van der Waals surface area (Å²) in [5.41, 5.74) is 1.58. The number of hydrogen-bond donors (Lipinski definition) is 2. The summed E-state index contributed by atoms with van der Waals surface area (Å²) >= 11 is 19.0. The molecule has 8 nitrogen and oxygen atoms in total. The number of aryl methyl sites for hydroxylation is 1. The second kappa shape index (κ2) is 18.4. The van der Waals surface area contributed by atoms with Crippen LogP contribution in [-0.2, 0) is 9.59 Å². The van der Waals surface area contributed by atoms with Gasteiger partial charge in [0.2, 0.25) is 5.91 Å². The molecule has 3 rings (SSSR count). The van der Waals surface area contributed by atoms with Crippen molar-refractivity contribution in [2.24, 2.45) is 5.10 Å². The number of unbranched alkanes of at least 4 members (excludes halogenated alkanes) is 10. The fourth-order valence-corrected chi connectivity index (χ4v) is 6.29. The molecule has 2 heterocycles. The van der Waals surface area contributed by atoms with Crippen molar-refractivity contribution in [2.75, 3.05) is 28.3 Å². The van der Waals surface area contributed by atoms with E-state index in [0.717, 1.165) is 48.9 Å². The normalized spacial score (nSPS) is 14.6. The number of hydrogen-bond acceptors (Lipinski definition) is 6. The van der Waals surface area contributed by atoms with Crippen LogP contribution in [0, 0.1) is 6.92 Å². The molecular weight excluding hydrogens is 619 g/mol. The number of nitrogens with zero attached hydrogens (tertiary/aromatic N) is 4. The molecule has 2 aromatic rings. The molecule has 0 saturated heterocycles. The standard InChI is InChI=1S/C33H47Cl3N6O2/c1-5-8-9-10-11-12-13-14-15-16-17-18-29(43)39-32-30(38-27-19-20-28(37-23(27)4)41(6-2)7-3)33(44)42(40-32)31-25(35)21-24(34)22-26(31)36/h19-22,30,38H,5-18H2,1-4H3,(H,39,40,43). The third kappa shape index (κ3) is 10.2. The Morgan fingerprint density at radius 2 is 1.45 bits per heavy atom. The molecule has 1 aliphatic rings. The number of anilines is 3. The van der Waals surface area contributed by atoms with Crippen molar-refractivity contribution >= 4 is 69.6 Å². The first-order chi connectivity index (χ1) is 21.2. The molecule has 242 valence electrons. The topological polar surface area (TPSA) is 89.9 Å². The smallest absolute Gasteiger partial charge is 0.278 e. The van der Waals surface area contributed by atoms with Gasteiger partial charge in [0.15, 0.2) is 11.9 Å². The quantitative estimate of drug-likeness (QED) is 0.155. The van der Waals surface area contributed by atoms with E-state index >= 15 is 0 Å². The van der Waals surface area contributed by atoms with Crippen LogP contribution in [0.15, 0.2) is 29.4 Å². The number of rotatable bonds is 18. The minimum absolute atomic E-state index is 0.174. The van der Waals surface area contributed by atoms with E-state index < -0.39 is 11.9 Å². The SMILES string of the molecule is CCCCCCCCCCCCCC(=O)NC1=NN(c2c(Cl)cc(Cl)cc2Cl)C(=O)C1Nc1ccc(N(CC)CC)nc1C. The minimum Gasteiger partial charge on any atom is -0.366 e. The number of amides is 2. The van der Waals surface area contributed by atoms with E-state index in [0.29, 0.717) is 17.1 Å². The van der Waals surface area contributed by atoms with Crippen molar-refractivity contribution in [3.63, 3.8) is 0 Å². The maximum absolute atomic E-state index is 13.7. The number of carbonyl (C=O) groups excluding carboxylic acids is 2. The van der Waals surface area contributed by atoms with E-state index in [9.17, 15) is 9.59 Å². The fraction of sp³-hybridized carbons (Fsp3) is 0.576. The lowest BCUT2D eigenvalue weighted by molar-refractivity contribution is -0.119. The summed E-state index contributed by atoms with van der Waals surface area (Å²) in [7, 11) is 0. The molecule has 0 aliphatic carbocycles. The van der Waals surface area contributed by atoms with Crippen molar-refractivity contribution in [1.82, 2.24) is 10.3 Å². The molecule has 1 unspecified atom stereocenters. The van der Waals surface area contributed by atoms with Gasteiger partial charge in [-0.15, -0.1) is 5.10 Å². The van der Waals surface area contributed by atoms with E-state index in [1.54, 1.807) is 0 Å². The molecule has 0 saturated carbocycles. The Morgan fingerprint density at radius 1 is 0.886 bits per heavy atom. The van der Waals surface area contributed by atoms with Crippen LogP contribution < -0.4 is 20.5 Å². The summed E-state index contributed by atoms with van der Waals surface area (Å²) < 4.78 is 0. The van der Waals surface area contributed by atoms with Crippen LogP contribution >= 0.6 is 34.8 Å². The second-order valence-electron chi connectivity index (χ2n) is 11.2. The zero-order chi connectivity index (χ0) is 32.1. The molecule has 44 heavy (non-hydrogen) atoms. The summed E-state index contributed by atoms with van der Waals surface area (Å²) in [5.74, 6) is 0.401. The van der Waals surface area contributed by atoms with Gasteiger partial charge in [0, 0.05) is 24.5 Å². The molecule has 2 amide bonds. The lowest BCUT2D eigenvalue weighted by Crippen LogP contribution is -2.45. The van der Waals surface area contributed by atoms with Crippen LogP contribution in [0.1, 0.15) is 104 Å². The number of hydrazone groups is 1. The minimum atomic E-state index is -0.973. The molecule has 1 aromatic heterocycles. The van der Waals surface area contributed by atoms with Gasteiger partial charge in [-0.3, -0.25) is 9.59 Å². The van der Waals surface area contributed by atoms with Crippen LogP contribution in [0.4, 0.5) is 17.2 Å². The predicted molar refractivity (Wildman–Crippen MR) is 186 cm³/mol. The lowest BCUT2D eigenvalue weighted by atomic mass is 10.1. The summed E-state index contributed by atoms with van der Waals surface area (Å²) in [5, 5.41) is 12.4. The van der Waals surface area contributed by atoms with E-state index in [2.05, 4.69) is 41.4 Å². The lowest BCUT2D eigenvalue weighted by Gasteiger charge is -2.22. The zero-order valence-electron chi connectivity index (χ0n) is 26.5. The molecule has 2 N–H and O–H groups in total. The Labute approximate surface area is 277 Å². The summed E-state index contributed by atoms with van der Waals surface area (Å²) in [4.78, 5) is 33.6. The first-order valence-electron chi connectivity index (χ1n) is 16.1. The van der Waals surface area contributed by atoms with Crippen LogP contribution in [0.3, 0.4) is 0 Å². The number of benzene rings is 1. The third-order valence-corrected chi connectivity index (χ3v) is 8.66. The largest absolute Gasteiger partial charge is 0.366 e. The highest BCUT2D eigenvalue weighted by molar-refractivity contribution is 6.43. The Morgan fingerprint density at radius 3 is 2.00 bits per heavy atom. The number of carbonyl (C=O) groups is 2. The number of halogens is 3. The Balaban J connectivity index is 1.66. The monoisotopic (exact) mass is 664 g/mol. The van der Waals surface area contributed by atoms with Crippen molar-refractivity contribution in [2.45, 2.75) is 111 Å². The maximum atomic E-state index is 13.7. The predicted octanol–water partition coefficient (Wildman–Crippen LogP) is 9.15. The van der Waals surface area contributed by atoms with Gasteiger partial charge in [-0.1, -0.05) is 106 Å². The average Bonchev–Trinajstić information content (AvgIpc) is 3.26. The van der Waals surface area contributed by atoms with Crippen molar-refractivity contribution in [3.05, 3.63) is 45.0 Å². The number of aromatic nitrogens is 1. The highest BCUT2D eigenvalue weighted by atomic mass is 35.5. The molecule has 1 aliphatic heterocycles. The van der Waals surface area contributed by atoms with E-state index in [-0.39, 0.29) is 27.5 Å². The van der Waals surface area contributed by atoms with Gasteiger partial charge in [-0.2, -0.15) is 5.01 Å². The summed E-state index contributed by atoms with van der Waals surface area (Å²) in [6, 6.07) is 5.82. The molecule has 0 bridgehead atoms. The van der Waals surface area contributed by atoms with E-state index in [4.69, 9.17) is 39.8 Å². The van der Waals surface area contributed by atoms with E-state index in [1.807, 2.05) is 19.1 Å². The zero-order valence-corrected chi connectivity index (χ0v) is 28.8. The van der Waals surface area contributed by atoms with E-state index in [1.165, 1.54) is 63.5 Å². The number of amidine groups is 1. The highest BCUT2D eigenvalue weighted by Gasteiger charge is 2.40. The van der Waals surface area contributed by atoms with Gasteiger partial charge in [-0.05, 0) is 51.5 Å². The molecular formula is C33H47Cl3N6O2. The molecule has 11 heteroatoms. The van der Waals surface area contributed by atoms with Crippen LogP contribution in [0.5, 0.6) is 0 Å². The first kappa shape index (κ1) is 35.9. The third-order valence-electron chi connectivity index (χ3n) is 7.86. The molecule has 0 fully saturated rings. The average molecular weight is 666 g/mol. The first-order valence-corrected chi connectivity index (χ1v) is 17.2. The molecule has 0 spiro atoms. The van der Waals surface area contributed by atoms with Gasteiger partial charge in [0.05, 0.1) is 21.4 Å². The summed E-state index contributed by atoms with van der Waals surface area (Å²) in [6.07, 6.45) is 13.6. The molecule has 1 atom stereocenters. The van der Waals surface area contributed by atoms with Crippen molar-refractivity contribution in [3.8, 4) is 0 Å². The number of pyridine rings is 1. The van der Waals surface area contributed by atoms with Gasteiger partial charge in [0.1, 0.15) is 11.5 Å². The highest BCUT2D eigenvalue weighted by Crippen LogP contribution is 2.38. The summed E-state index contributed by atoms with van der Waals surface area (Å²) in [6.45, 7) is 9.93. The maximum Gasteiger partial charge on any atom is 0.278 e. The van der Waals surface area contributed by atoms with Crippen molar-refractivity contribution < 1.29 is 9.59 Å². The Kier molecular flexibility index (Phi) is 15.0. The number of nitrogens with one attached hydrogen (secondary N) is 2. The van der Waals surface area contributed by atoms with Gasteiger partial charge >= 0.3 is 0 Å². The molecule has 0 radical (unpaired) electrons. The van der Waals surface area contributed by atoms with Crippen LogP contribution in [0.25, 0.3) is 0 Å². The fourth-order valence-electron chi connectivity index (χ4n) is 5.31. The van der Waals surface area contributed by atoms with Crippen LogP contribution in [-0.4, -0.2) is 41.8 Å². The van der Waals surface area contributed by atoms with Gasteiger partial charge in [0.25, 0.3) is 5.91 Å². The Hall–Kier alpha value is -2.55. The van der Waals surface area contributed by atoms with Gasteiger partial charge < -0.3 is 15.5 Å². The van der Waals surface area contributed by atoms with Crippen molar-refractivity contribution in [1.29, 1.82) is 0 Å². The second-order valence-corrected chi connectivity index (χ2v) is 12.5. The molecule has 1 aromatic carbocycles. The van der Waals surface area contributed by atoms with Gasteiger partial charge in [-0.25, -0.2) is 4.98 Å².